The largest absolute Gasteiger partial charge is 0.490 e. The maximum absolute atomic E-state index is 12.8. The fourth-order valence-electron chi connectivity index (χ4n) is 2.85. The van der Waals surface area contributed by atoms with Crippen molar-refractivity contribution in [3.8, 4) is 11.5 Å². The second-order valence-electron chi connectivity index (χ2n) is 6.28. The van der Waals surface area contributed by atoms with Crippen LogP contribution in [0.15, 0.2) is 35.6 Å². The summed E-state index contributed by atoms with van der Waals surface area (Å²) >= 11 is 0. The number of aliphatic imine (C=N–C) groups is 1. The van der Waals surface area contributed by atoms with E-state index in [1.165, 1.54) is 0 Å². The Morgan fingerprint density at radius 3 is 2.70 bits per heavy atom. The van der Waals surface area contributed by atoms with Gasteiger partial charge in [0.25, 0.3) is 0 Å². The molecule has 0 unspecified atom stereocenters. The van der Waals surface area contributed by atoms with Gasteiger partial charge in [0, 0.05) is 44.6 Å². The number of rotatable bonds is 11. The molecule has 0 saturated carbocycles. The van der Waals surface area contributed by atoms with Gasteiger partial charge in [0.15, 0.2) is 17.5 Å². The van der Waals surface area contributed by atoms with Crippen LogP contribution in [-0.4, -0.2) is 42.3 Å². The zero-order valence-corrected chi connectivity index (χ0v) is 19.9. The molecule has 1 heterocycles. The van der Waals surface area contributed by atoms with Gasteiger partial charge in [0.05, 0.1) is 6.61 Å². The smallest absolute Gasteiger partial charge is 0.387 e. The van der Waals surface area contributed by atoms with Gasteiger partial charge in [-0.05, 0) is 32.8 Å². The van der Waals surface area contributed by atoms with Crippen LogP contribution >= 0.6 is 24.0 Å². The Morgan fingerprint density at radius 1 is 1.27 bits per heavy atom. The predicted molar refractivity (Wildman–Crippen MR) is 124 cm³/mol. The highest BCUT2D eigenvalue weighted by Crippen LogP contribution is 2.32. The summed E-state index contributed by atoms with van der Waals surface area (Å²) in [6.07, 6.45) is 5.73. The van der Waals surface area contributed by atoms with Crippen LogP contribution in [0.5, 0.6) is 11.5 Å². The van der Waals surface area contributed by atoms with Crippen molar-refractivity contribution in [3.05, 3.63) is 42.0 Å². The number of nitrogens with zero attached hydrogens (tertiary/aromatic N) is 3. The SMILES string of the molecule is CCOc1cccc(CNC(=NC)NCCCCn2ccnc2C)c1OC(F)F.I. The van der Waals surface area contributed by atoms with E-state index in [4.69, 9.17) is 4.74 Å². The second-order valence-corrected chi connectivity index (χ2v) is 6.28. The first-order valence-corrected chi connectivity index (χ1v) is 9.66. The summed E-state index contributed by atoms with van der Waals surface area (Å²) in [6.45, 7) is 3.14. The normalized spacial score (nSPS) is 11.2. The zero-order chi connectivity index (χ0) is 21.1. The first-order valence-electron chi connectivity index (χ1n) is 9.66. The molecule has 2 aromatic rings. The van der Waals surface area contributed by atoms with Crippen LogP contribution in [0.3, 0.4) is 0 Å². The first kappa shape index (κ1) is 25.9. The van der Waals surface area contributed by atoms with Gasteiger partial charge in [-0.2, -0.15) is 8.78 Å². The standard InChI is InChI=1S/C20H29F2N5O2.HI/c1-4-28-17-9-7-8-16(18(17)29-19(21)22)14-26-20(23-3)25-10-5-6-12-27-13-11-24-15(27)2;/h7-9,11,13,19H,4-6,10,12,14H2,1-3H3,(H2,23,25,26);1H. The highest BCUT2D eigenvalue weighted by atomic mass is 127. The number of hydrogen-bond donors (Lipinski definition) is 2. The molecule has 0 aliphatic carbocycles. The molecule has 0 amide bonds. The molecule has 0 saturated heterocycles. The van der Waals surface area contributed by atoms with Crippen molar-refractivity contribution in [1.82, 2.24) is 20.2 Å². The summed E-state index contributed by atoms with van der Waals surface area (Å²) in [6, 6.07) is 5.07. The van der Waals surface area contributed by atoms with Crippen molar-refractivity contribution >= 4 is 29.9 Å². The Morgan fingerprint density at radius 2 is 2.07 bits per heavy atom. The fourth-order valence-corrected chi connectivity index (χ4v) is 2.85. The van der Waals surface area contributed by atoms with Crippen molar-refractivity contribution in [1.29, 1.82) is 0 Å². The van der Waals surface area contributed by atoms with Crippen LogP contribution in [0.25, 0.3) is 0 Å². The number of aryl methyl sites for hydroxylation is 2. The van der Waals surface area contributed by atoms with E-state index < -0.39 is 6.61 Å². The Labute approximate surface area is 193 Å². The summed E-state index contributed by atoms with van der Waals surface area (Å²) in [4.78, 5) is 8.38. The number of guanidine groups is 1. The van der Waals surface area contributed by atoms with E-state index in [2.05, 4.69) is 29.9 Å². The van der Waals surface area contributed by atoms with Gasteiger partial charge in [-0.15, -0.1) is 24.0 Å². The van der Waals surface area contributed by atoms with E-state index in [9.17, 15) is 8.78 Å². The lowest BCUT2D eigenvalue weighted by Gasteiger charge is -2.17. The first-order chi connectivity index (χ1) is 14.0. The van der Waals surface area contributed by atoms with Gasteiger partial charge < -0.3 is 24.7 Å². The Hall–Kier alpha value is -2.11. The molecule has 168 valence electrons. The third kappa shape index (κ3) is 8.33. The molecule has 1 aromatic carbocycles. The maximum atomic E-state index is 12.8. The third-order valence-corrected chi connectivity index (χ3v) is 4.28. The summed E-state index contributed by atoms with van der Waals surface area (Å²) in [5.41, 5.74) is 0.565. The number of hydrogen-bond acceptors (Lipinski definition) is 4. The number of aromatic nitrogens is 2. The van der Waals surface area contributed by atoms with Crippen LogP contribution in [0, 0.1) is 6.92 Å². The summed E-state index contributed by atoms with van der Waals surface area (Å²) in [5, 5.41) is 6.35. The number of ether oxygens (including phenoxy) is 2. The van der Waals surface area contributed by atoms with Crippen molar-refractivity contribution < 1.29 is 18.3 Å². The minimum absolute atomic E-state index is 0. The molecule has 1 aromatic heterocycles. The van der Waals surface area contributed by atoms with E-state index >= 15 is 0 Å². The molecule has 7 nitrogen and oxygen atoms in total. The lowest BCUT2D eigenvalue weighted by Crippen LogP contribution is -2.37. The summed E-state index contributed by atoms with van der Waals surface area (Å²) in [7, 11) is 1.66. The highest BCUT2D eigenvalue weighted by Gasteiger charge is 2.16. The van der Waals surface area contributed by atoms with E-state index in [0.29, 0.717) is 23.9 Å². The molecule has 0 radical (unpaired) electrons. The molecular formula is C20H30F2IN5O2. The summed E-state index contributed by atoms with van der Waals surface area (Å²) in [5.74, 6) is 1.94. The van der Waals surface area contributed by atoms with Gasteiger partial charge in [-0.1, -0.05) is 12.1 Å². The number of benzene rings is 1. The van der Waals surface area contributed by atoms with Gasteiger partial charge >= 0.3 is 6.61 Å². The van der Waals surface area contributed by atoms with E-state index in [0.717, 1.165) is 31.8 Å². The van der Waals surface area contributed by atoms with Crippen LogP contribution in [0.1, 0.15) is 31.2 Å². The number of halogens is 3. The fraction of sp³-hybridized carbons (Fsp3) is 0.500. The van der Waals surface area contributed by atoms with Crippen LogP contribution in [-0.2, 0) is 13.1 Å². The van der Waals surface area contributed by atoms with Gasteiger partial charge in [0.1, 0.15) is 5.82 Å². The zero-order valence-electron chi connectivity index (χ0n) is 17.5. The third-order valence-electron chi connectivity index (χ3n) is 4.28. The molecule has 2 N–H and O–H groups in total. The topological polar surface area (TPSA) is 72.7 Å². The lowest BCUT2D eigenvalue weighted by molar-refractivity contribution is -0.0520. The van der Waals surface area contributed by atoms with Gasteiger partial charge in [-0.25, -0.2) is 4.98 Å². The van der Waals surface area contributed by atoms with Crippen LogP contribution in [0.4, 0.5) is 8.78 Å². The van der Waals surface area contributed by atoms with Crippen molar-refractivity contribution in [2.75, 3.05) is 20.2 Å². The number of alkyl halides is 2. The van der Waals surface area contributed by atoms with E-state index in [1.807, 2.05) is 13.1 Å². The van der Waals surface area contributed by atoms with Gasteiger partial charge in [0.2, 0.25) is 0 Å². The number of imidazole rings is 1. The average molecular weight is 537 g/mol. The molecule has 2 rings (SSSR count). The van der Waals surface area contributed by atoms with E-state index in [-0.39, 0.29) is 36.3 Å². The van der Waals surface area contributed by atoms with Crippen molar-refractivity contribution in [2.24, 2.45) is 4.99 Å². The van der Waals surface area contributed by atoms with Crippen molar-refractivity contribution in [3.63, 3.8) is 0 Å². The quantitative estimate of drug-likeness (QED) is 0.197. The molecule has 0 spiro atoms. The molecule has 30 heavy (non-hydrogen) atoms. The Balaban J connectivity index is 0.00000450. The monoisotopic (exact) mass is 537 g/mol. The highest BCUT2D eigenvalue weighted by molar-refractivity contribution is 14.0. The van der Waals surface area contributed by atoms with Gasteiger partial charge in [-0.3, -0.25) is 4.99 Å². The minimum atomic E-state index is -2.92. The molecular weight excluding hydrogens is 507 g/mol. The Kier molecular flexibility index (Phi) is 12.1. The molecule has 0 atom stereocenters. The summed E-state index contributed by atoms with van der Waals surface area (Å²) < 4.78 is 37.8. The van der Waals surface area contributed by atoms with Crippen LogP contribution in [0.2, 0.25) is 0 Å². The predicted octanol–water partition coefficient (Wildman–Crippen LogP) is 3.96. The maximum Gasteiger partial charge on any atom is 0.387 e. The molecule has 0 fully saturated rings. The second kappa shape index (κ2) is 14.0. The number of nitrogens with one attached hydrogen (secondary N) is 2. The molecule has 10 heteroatoms. The Bertz CT molecular complexity index is 786. The van der Waals surface area contributed by atoms with E-state index in [1.54, 1.807) is 38.4 Å². The molecule has 0 aliphatic heterocycles. The van der Waals surface area contributed by atoms with Crippen LogP contribution < -0.4 is 20.1 Å². The van der Waals surface area contributed by atoms with Crippen molar-refractivity contribution in [2.45, 2.75) is 46.4 Å². The minimum Gasteiger partial charge on any atom is -0.490 e. The molecule has 0 aliphatic rings. The number of unbranched alkanes of at least 4 members (excludes halogenated alkanes) is 1. The lowest BCUT2D eigenvalue weighted by atomic mass is 10.2. The average Bonchev–Trinajstić information content (AvgIpc) is 3.10. The molecule has 0 bridgehead atoms. The number of para-hydroxylation sites is 1.